The molecule has 0 aromatic heterocycles. The second-order valence-electron chi connectivity index (χ2n) is 3.64. The zero-order chi connectivity index (χ0) is 13.1. The molecule has 7 N–H and O–H groups in total. The zero-order valence-electron chi connectivity index (χ0n) is 11.7. The Balaban J connectivity index is -0.0000000827. The molecule has 0 fully saturated rings. The van der Waals surface area contributed by atoms with Gasteiger partial charge in [0.15, 0.2) is 0 Å². The maximum atomic E-state index is 10.3. The fourth-order valence-electron chi connectivity index (χ4n) is 0.938. The van der Waals surface area contributed by atoms with Crippen LogP contribution < -0.4 is 22.5 Å². The summed E-state index contributed by atoms with van der Waals surface area (Å²) in [6, 6.07) is 0. The van der Waals surface area contributed by atoms with E-state index in [2.05, 4.69) is 0 Å². The molecule has 19 heavy (non-hydrogen) atoms. The van der Waals surface area contributed by atoms with Crippen LogP contribution in [0.5, 0.6) is 0 Å². The Hall–Kier alpha value is -0.532. The van der Waals surface area contributed by atoms with Gasteiger partial charge in [-0.1, -0.05) is 0 Å². The van der Waals surface area contributed by atoms with Gasteiger partial charge < -0.3 is 42.1 Å². The van der Waals surface area contributed by atoms with Crippen molar-refractivity contribution in [2.24, 2.45) is 5.92 Å². The van der Waals surface area contributed by atoms with Crippen molar-refractivity contribution in [2.75, 3.05) is 27.2 Å². The Morgan fingerprint density at radius 2 is 1.58 bits per heavy atom. The molecule has 1 unspecified atom stereocenters. The van der Waals surface area contributed by atoms with E-state index in [1.54, 1.807) is 0 Å². The molecule has 0 rings (SSSR count). The predicted octanol–water partition coefficient (Wildman–Crippen LogP) is -2.24. The van der Waals surface area contributed by atoms with Gasteiger partial charge in [0.25, 0.3) is 0 Å². The molecule has 0 aromatic carbocycles. The van der Waals surface area contributed by atoms with Crippen molar-refractivity contribution in [3.63, 3.8) is 0 Å². The quantitative estimate of drug-likeness (QED) is 0.397. The molecule has 0 amide bonds. The van der Waals surface area contributed by atoms with Crippen LogP contribution in [0.4, 0.5) is 0 Å². The number of hydrogen-bond acceptors (Lipinski definition) is 8. The van der Waals surface area contributed by atoms with E-state index >= 15 is 0 Å². The number of aliphatic hydroxyl groups is 1. The number of aliphatic carboxylic acids is 2. The summed E-state index contributed by atoms with van der Waals surface area (Å²) in [4.78, 5) is 21.2. The average molecular weight is 462 g/mol. The van der Waals surface area contributed by atoms with Gasteiger partial charge in [-0.15, -0.1) is 0 Å². The van der Waals surface area contributed by atoms with Crippen LogP contribution in [0.3, 0.4) is 0 Å². The van der Waals surface area contributed by atoms with E-state index in [4.69, 9.17) is 15.0 Å². The van der Waals surface area contributed by atoms with Crippen LogP contribution >= 0.6 is 0 Å². The summed E-state index contributed by atoms with van der Waals surface area (Å²) in [5, 5.41) is 27.8. The van der Waals surface area contributed by atoms with Gasteiger partial charge in [0.05, 0.1) is 6.61 Å². The number of carboxylic acid groups (broad SMARTS) is 2. The van der Waals surface area contributed by atoms with Crippen LogP contribution in [0.2, 0.25) is 0 Å². The number of aliphatic hydroxyl groups excluding tert-OH is 1. The van der Waals surface area contributed by atoms with E-state index in [9.17, 15) is 9.90 Å². The standard InChI is InChI=1S/C8H17NO3.C2H4O2.2H3N.Pt/c1-9(2)5-3-4-7(6-10)8(11)12;1-2(3)4;;;/h7,10H,3-6H2,1-2H3,(H,11,12);1H3,(H,3,4);2*1H3;/q;;;;+2/p-2. The van der Waals surface area contributed by atoms with Gasteiger partial charge in [0.1, 0.15) is 0 Å². The minimum Gasteiger partial charge on any atom is -0.550 e. The first-order valence-corrected chi connectivity index (χ1v) is 4.95. The molecule has 0 aliphatic carbocycles. The van der Waals surface area contributed by atoms with Crippen LogP contribution in [0.15, 0.2) is 0 Å². The fraction of sp³-hybridized carbons (Fsp3) is 0.800. The largest absolute Gasteiger partial charge is 2.00 e. The molecule has 1 atom stereocenters. The molecule has 0 aromatic rings. The Morgan fingerprint density at radius 1 is 1.21 bits per heavy atom. The number of rotatable bonds is 6. The monoisotopic (exact) mass is 462 g/mol. The molecule has 0 aliphatic rings. The first-order valence-electron chi connectivity index (χ1n) is 4.95. The molecule has 0 saturated carbocycles. The maximum absolute atomic E-state index is 10.3. The van der Waals surface area contributed by atoms with Crippen molar-refractivity contribution in [1.29, 1.82) is 0 Å². The second-order valence-corrected chi connectivity index (χ2v) is 3.64. The smallest absolute Gasteiger partial charge is 0.550 e. The maximum Gasteiger partial charge on any atom is 2.00 e. The molecule has 120 valence electrons. The van der Waals surface area contributed by atoms with E-state index < -0.39 is 17.9 Å². The Kier molecular flexibility index (Phi) is 32.4. The normalized spacial score (nSPS) is 9.74. The van der Waals surface area contributed by atoms with Crippen LogP contribution in [0.1, 0.15) is 19.8 Å². The van der Waals surface area contributed by atoms with Crippen molar-refractivity contribution in [2.45, 2.75) is 19.8 Å². The van der Waals surface area contributed by atoms with E-state index in [0.717, 1.165) is 19.9 Å². The molecule has 0 heterocycles. The van der Waals surface area contributed by atoms with Crippen molar-refractivity contribution >= 4 is 11.9 Å². The Bertz CT molecular complexity index is 213. The number of carbonyl (C=O) groups is 2. The first-order chi connectivity index (χ1) is 7.31. The molecule has 0 spiro atoms. The number of hydrogen-bond donors (Lipinski definition) is 3. The van der Waals surface area contributed by atoms with Crippen LogP contribution in [0.25, 0.3) is 0 Å². The van der Waals surface area contributed by atoms with Gasteiger partial charge in [-0.3, -0.25) is 0 Å². The van der Waals surface area contributed by atoms with E-state index in [1.165, 1.54) is 0 Å². The molecule has 0 aliphatic heterocycles. The van der Waals surface area contributed by atoms with Gasteiger partial charge in [0.2, 0.25) is 0 Å². The van der Waals surface area contributed by atoms with Gasteiger partial charge in [0, 0.05) is 17.9 Å². The third-order valence-electron chi connectivity index (χ3n) is 1.71. The summed E-state index contributed by atoms with van der Waals surface area (Å²) in [6.07, 6.45) is 1.25. The number of carbonyl (C=O) groups excluding carboxylic acids is 2. The van der Waals surface area contributed by atoms with E-state index in [1.807, 2.05) is 19.0 Å². The molecular formula is C10H25N3O5Pt. The summed E-state index contributed by atoms with van der Waals surface area (Å²) >= 11 is 0. The summed E-state index contributed by atoms with van der Waals surface area (Å²) in [7, 11) is 3.85. The topological polar surface area (TPSA) is 174 Å². The molecule has 0 saturated heterocycles. The molecule has 0 bridgehead atoms. The van der Waals surface area contributed by atoms with Crippen LogP contribution in [0, 0.1) is 5.92 Å². The zero-order valence-corrected chi connectivity index (χ0v) is 13.9. The summed E-state index contributed by atoms with van der Waals surface area (Å²) in [5.74, 6) is -2.94. The van der Waals surface area contributed by atoms with Crippen molar-refractivity contribution in [3.05, 3.63) is 0 Å². The van der Waals surface area contributed by atoms with Crippen LogP contribution in [-0.2, 0) is 30.7 Å². The SMILES string of the molecule is CC(=O)[O-].CN(C)CCCC(CO)C(=O)[O-].N.N.[Pt+2]. The van der Waals surface area contributed by atoms with Crippen molar-refractivity contribution < 1.29 is 46.0 Å². The minimum absolute atomic E-state index is 0. The summed E-state index contributed by atoms with van der Waals surface area (Å²) in [6.45, 7) is 1.49. The summed E-state index contributed by atoms with van der Waals surface area (Å²) < 4.78 is 0. The third-order valence-corrected chi connectivity index (χ3v) is 1.71. The number of carboxylic acids is 2. The van der Waals surface area contributed by atoms with Gasteiger partial charge >= 0.3 is 21.1 Å². The predicted molar refractivity (Wildman–Crippen MR) is 64.1 cm³/mol. The minimum atomic E-state index is -1.16. The first kappa shape index (κ1) is 31.1. The molecule has 8 nitrogen and oxygen atoms in total. The average Bonchev–Trinajstić information content (AvgIpc) is 2.10. The van der Waals surface area contributed by atoms with Gasteiger partial charge in [-0.25, -0.2) is 0 Å². The van der Waals surface area contributed by atoms with Crippen LogP contribution in [-0.4, -0.2) is 49.2 Å². The second kappa shape index (κ2) is 19.8. The van der Waals surface area contributed by atoms with Gasteiger partial charge in [-0.2, -0.15) is 0 Å². The molecule has 9 heteroatoms. The van der Waals surface area contributed by atoms with E-state index in [0.29, 0.717) is 6.42 Å². The van der Waals surface area contributed by atoms with Gasteiger partial charge in [-0.05, 0) is 40.4 Å². The molecule has 0 radical (unpaired) electrons. The Labute approximate surface area is 128 Å². The summed E-state index contributed by atoms with van der Waals surface area (Å²) in [5.41, 5.74) is 0. The number of nitrogens with zero attached hydrogens (tertiary/aromatic N) is 1. The third kappa shape index (κ3) is 31.8. The van der Waals surface area contributed by atoms with E-state index in [-0.39, 0.29) is 40.0 Å². The molecular weight excluding hydrogens is 437 g/mol. The fourth-order valence-corrected chi connectivity index (χ4v) is 0.938. The Morgan fingerprint density at radius 3 is 1.79 bits per heavy atom. The van der Waals surface area contributed by atoms with Crippen molar-refractivity contribution in [1.82, 2.24) is 17.2 Å². The van der Waals surface area contributed by atoms with Crippen molar-refractivity contribution in [3.8, 4) is 0 Å².